The molecule has 0 amide bonds. The van der Waals surface area contributed by atoms with Crippen LogP contribution in [0.25, 0.3) is 0 Å². The summed E-state index contributed by atoms with van der Waals surface area (Å²) < 4.78 is 0. The molecule has 0 aliphatic carbocycles. The Balaban J connectivity index is 2.14. The predicted molar refractivity (Wildman–Crippen MR) is 125 cm³/mol. The Kier molecular flexibility index (Phi) is 6.51. The van der Waals surface area contributed by atoms with Crippen LogP contribution in [0.2, 0.25) is 6.55 Å². The van der Waals surface area contributed by atoms with Crippen molar-refractivity contribution in [2.45, 2.75) is 43.9 Å². The summed E-state index contributed by atoms with van der Waals surface area (Å²) >= 11 is 0. The largest absolute Gasteiger partial charge is 0.0766 e. The molecule has 2 heteroatoms. The Morgan fingerprint density at radius 1 is 0.519 bits per heavy atom. The fourth-order valence-electron chi connectivity index (χ4n) is 5.20. The predicted octanol–water partition coefficient (Wildman–Crippen LogP) is 6.18. The van der Waals surface area contributed by atoms with Crippen LogP contribution in [0, 0.1) is 0 Å². The lowest BCUT2D eigenvalue weighted by Gasteiger charge is -2.47. The Hall–Kier alpha value is -1.91. The molecular weight excluding hydrogens is 356 g/mol. The maximum Gasteiger partial charge on any atom is 0.0617 e. The van der Waals surface area contributed by atoms with Crippen molar-refractivity contribution in [2.24, 2.45) is 0 Å². The standard InChI is InChI=1S/C25H32Si2/c1-20(23-14-8-5-9-15-23)27(26-4,21(2)24-16-10-6-11-17-24)22(3)25-18-12-7-13-19-25/h5-22H,26H2,1-4H3. The van der Waals surface area contributed by atoms with Gasteiger partial charge < -0.3 is 0 Å². The highest BCUT2D eigenvalue weighted by Crippen LogP contribution is 2.45. The molecule has 3 atom stereocenters. The molecule has 140 valence electrons. The third-order valence-electron chi connectivity index (χ3n) is 6.93. The second-order valence-corrected chi connectivity index (χ2v) is 19.2. The summed E-state index contributed by atoms with van der Waals surface area (Å²) in [6.45, 7) is 10.1. The zero-order valence-corrected chi connectivity index (χ0v) is 19.5. The van der Waals surface area contributed by atoms with Crippen molar-refractivity contribution in [3.63, 3.8) is 0 Å². The average molecular weight is 389 g/mol. The van der Waals surface area contributed by atoms with E-state index in [1.807, 2.05) is 0 Å². The van der Waals surface area contributed by atoms with Crippen LogP contribution >= 0.6 is 0 Å². The van der Waals surface area contributed by atoms with Gasteiger partial charge in [-0.15, -0.1) is 0 Å². The highest BCUT2D eigenvalue weighted by molar-refractivity contribution is 7.26. The fourth-order valence-corrected chi connectivity index (χ4v) is 19.4. The zero-order valence-electron chi connectivity index (χ0n) is 17.1. The minimum Gasteiger partial charge on any atom is -0.0766 e. The van der Waals surface area contributed by atoms with Gasteiger partial charge in [0.25, 0.3) is 0 Å². The van der Waals surface area contributed by atoms with Crippen molar-refractivity contribution in [3.8, 4) is 0 Å². The van der Waals surface area contributed by atoms with E-state index in [9.17, 15) is 0 Å². The first-order valence-corrected chi connectivity index (χ1v) is 16.2. The minimum absolute atomic E-state index is 0.214. The van der Waals surface area contributed by atoms with Gasteiger partial charge >= 0.3 is 0 Å². The third kappa shape index (κ3) is 3.87. The lowest BCUT2D eigenvalue weighted by Crippen LogP contribution is -2.56. The number of rotatable bonds is 7. The van der Waals surface area contributed by atoms with Gasteiger partial charge in [-0.25, -0.2) is 0 Å². The van der Waals surface area contributed by atoms with E-state index in [0.717, 1.165) is 0 Å². The fraction of sp³-hybridized carbons (Fsp3) is 0.280. The van der Waals surface area contributed by atoms with Crippen LogP contribution < -0.4 is 0 Å². The third-order valence-corrected chi connectivity index (χ3v) is 23.2. The van der Waals surface area contributed by atoms with E-state index in [1.165, 1.54) is 16.7 Å². The SMILES string of the molecule is C[SiH2][Si](C(C)c1ccccc1)(C(C)c1ccccc1)C(C)c1ccccc1. The van der Waals surface area contributed by atoms with Crippen LogP contribution in [-0.2, 0) is 0 Å². The molecule has 0 heterocycles. The minimum atomic E-state index is -1.66. The molecule has 0 aliphatic heterocycles. The summed E-state index contributed by atoms with van der Waals surface area (Å²) in [6.07, 6.45) is 0. The van der Waals surface area contributed by atoms with Gasteiger partial charge in [0, 0.05) is 9.04 Å². The van der Waals surface area contributed by atoms with Crippen molar-refractivity contribution in [1.82, 2.24) is 0 Å². The molecule has 3 unspecified atom stereocenters. The van der Waals surface area contributed by atoms with E-state index < -0.39 is 7.59 Å². The van der Waals surface area contributed by atoms with Gasteiger partial charge in [-0.05, 0) is 33.3 Å². The van der Waals surface area contributed by atoms with Gasteiger partial charge in [-0.1, -0.05) is 118 Å². The normalized spacial score (nSPS) is 17.3. The van der Waals surface area contributed by atoms with E-state index in [-0.39, 0.29) is 9.04 Å². The number of benzene rings is 3. The molecule has 0 radical (unpaired) electrons. The average Bonchev–Trinajstić information content (AvgIpc) is 2.76. The van der Waals surface area contributed by atoms with Crippen LogP contribution in [0.4, 0.5) is 0 Å². The lowest BCUT2D eigenvalue weighted by molar-refractivity contribution is 0.849. The van der Waals surface area contributed by atoms with E-state index in [4.69, 9.17) is 0 Å². The van der Waals surface area contributed by atoms with Gasteiger partial charge in [-0.2, -0.15) is 0 Å². The van der Waals surface area contributed by atoms with E-state index in [0.29, 0.717) is 16.6 Å². The summed E-state index contributed by atoms with van der Waals surface area (Å²) in [5.74, 6) is 0. The van der Waals surface area contributed by atoms with Crippen LogP contribution in [0.1, 0.15) is 54.1 Å². The zero-order chi connectivity index (χ0) is 19.3. The molecule has 0 saturated heterocycles. The van der Waals surface area contributed by atoms with Crippen LogP contribution in [-0.4, -0.2) is 16.6 Å². The second-order valence-electron chi connectivity index (χ2n) is 7.86. The van der Waals surface area contributed by atoms with Crippen LogP contribution in [0.15, 0.2) is 91.0 Å². The molecule has 3 aromatic rings. The molecule has 0 saturated carbocycles. The van der Waals surface area contributed by atoms with Crippen LogP contribution in [0.3, 0.4) is 0 Å². The highest BCUT2D eigenvalue weighted by Gasteiger charge is 2.47. The molecule has 3 rings (SSSR count). The van der Waals surface area contributed by atoms with Crippen molar-refractivity contribution in [2.75, 3.05) is 0 Å². The Labute approximate surface area is 168 Å². The summed E-state index contributed by atoms with van der Waals surface area (Å²) in [6, 6.07) is 33.8. The van der Waals surface area contributed by atoms with E-state index >= 15 is 0 Å². The Morgan fingerprint density at radius 3 is 1.00 bits per heavy atom. The molecule has 0 aliphatic rings. The van der Waals surface area contributed by atoms with Gasteiger partial charge in [-0.3, -0.25) is 0 Å². The number of hydrogen-bond acceptors (Lipinski definition) is 0. The first-order valence-electron chi connectivity index (χ1n) is 10.3. The van der Waals surface area contributed by atoms with E-state index in [2.05, 4.69) is 118 Å². The first-order chi connectivity index (χ1) is 13.1. The van der Waals surface area contributed by atoms with Crippen molar-refractivity contribution in [3.05, 3.63) is 108 Å². The molecular formula is C25H32Si2. The van der Waals surface area contributed by atoms with Gasteiger partial charge in [0.15, 0.2) is 0 Å². The lowest BCUT2D eigenvalue weighted by atomic mass is 10.1. The summed E-state index contributed by atoms with van der Waals surface area (Å²) in [5, 5.41) is 0. The second kappa shape index (κ2) is 8.85. The first kappa shape index (κ1) is 19.8. The van der Waals surface area contributed by atoms with Crippen molar-refractivity contribution in [1.29, 1.82) is 0 Å². The van der Waals surface area contributed by atoms with Crippen molar-refractivity contribution >= 4 is 16.6 Å². The number of hydrogen-bond donors (Lipinski definition) is 0. The quantitative estimate of drug-likeness (QED) is 0.424. The Morgan fingerprint density at radius 2 is 0.778 bits per heavy atom. The molecule has 0 nitrogen and oxygen atoms in total. The smallest absolute Gasteiger partial charge is 0.0617 e. The van der Waals surface area contributed by atoms with Crippen LogP contribution in [0.5, 0.6) is 0 Å². The van der Waals surface area contributed by atoms with Gasteiger partial charge in [0.05, 0.1) is 7.59 Å². The maximum absolute atomic E-state index is 2.57. The highest BCUT2D eigenvalue weighted by atomic mass is 29.2. The molecule has 27 heavy (non-hydrogen) atoms. The Bertz CT molecular complexity index is 704. The topological polar surface area (TPSA) is 0 Å². The monoisotopic (exact) mass is 388 g/mol. The molecule has 0 bridgehead atoms. The molecule has 0 N–H and O–H groups in total. The molecule has 0 spiro atoms. The summed E-state index contributed by atoms with van der Waals surface area (Å²) in [7, 11) is -1.88. The summed E-state index contributed by atoms with van der Waals surface area (Å²) in [5.41, 5.74) is 6.56. The van der Waals surface area contributed by atoms with E-state index in [1.54, 1.807) is 0 Å². The molecule has 0 aromatic heterocycles. The molecule has 3 aromatic carbocycles. The van der Waals surface area contributed by atoms with Gasteiger partial charge in [0.2, 0.25) is 0 Å². The van der Waals surface area contributed by atoms with Crippen molar-refractivity contribution < 1.29 is 0 Å². The maximum atomic E-state index is 2.57. The summed E-state index contributed by atoms with van der Waals surface area (Å²) in [4.78, 5) is 0. The van der Waals surface area contributed by atoms with Gasteiger partial charge in [0.1, 0.15) is 0 Å². The molecule has 0 fully saturated rings.